The van der Waals surface area contributed by atoms with Gasteiger partial charge >= 0.3 is 6.18 Å². The molecule has 0 spiro atoms. The molecule has 1 fully saturated rings. The van der Waals surface area contributed by atoms with Crippen molar-refractivity contribution in [2.24, 2.45) is 11.7 Å². The van der Waals surface area contributed by atoms with Crippen LogP contribution >= 0.6 is 12.4 Å². The molecule has 0 aliphatic carbocycles. The zero-order chi connectivity index (χ0) is 17.4. The van der Waals surface area contributed by atoms with Crippen LogP contribution in [0.15, 0.2) is 23.1 Å². The quantitative estimate of drug-likeness (QED) is 0.626. The van der Waals surface area contributed by atoms with Gasteiger partial charge in [0.1, 0.15) is 0 Å². The second-order valence-corrected chi connectivity index (χ2v) is 7.10. The van der Waals surface area contributed by atoms with Crippen LogP contribution in [0.3, 0.4) is 0 Å². The number of alkyl halides is 3. The van der Waals surface area contributed by atoms with E-state index in [0.29, 0.717) is 12.5 Å². The van der Waals surface area contributed by atoms with E-state index in [2.05, 4.69) is 0 Å². The molecule has 0 bridgehead atoms. The minimum Gasteiger partial charge on any atom is -0.330 e. The van der Waals surface area contributed by atoms with Crippen LogP contribution in [0, 0.1) is 16.0 Å². The number of hydrogen-bond donors (Lipinski definition) is 1. The summed E-state index contributed by atoms with van der Waals surface area (Å²) in [7, 11) is -4.40. The van der Waals surface area contributed by atoms with Crippen molar-refractivity contribution in [3.05, 3.63) is 33.9 Å². The maximum absolute atomic E-state index is 13.1. The number of halogens is 4. The summed E-state index contributed by atoms with van der Waals surface area (Å²) in [6.45, 7) is 0.337. The third-order valence-electron chi connectivity index (χ3n) is 3.68. The van der Waals surface area contributed by atoms with Gasteiger partial charge in [-0.05, 0) is 24.9 Å². The van der Waals surface area contributed by atoms with E-state index in [-0.39, 0.29) is 44.0 Å². The summed E-state index contributed by atoms with van der Waals surface area (Å²) in [6.07, 6.45) is -4.56. The molecule has 1 aliphatic rings. The maximum Gasteiger partial charge on any atom is 0.417 e. The largest absolute Gasteiger partial charge is 0.417 e. The van der Waals surface area contributed by atoms with Crippen LogP contribution in [0.4, 0.5) is 18.9 Å². The van der Waals surface area contributed by atoms with E-state index in [1.807, 2.05) is 0 Å². The Hall–Kier alpha value is -1.43. The number of nitrogens with zero attached hydrogens (tertiary/aromatic N) is 2. The lowest BCUT2D eigenvalue weighted by Crippen LogP contribution is -2.31. The Kier molecular flexibility index (Phi) is 6.20. The fourth-order valence-electron chi connectivity index (χ4n) is 2.42. The summed E-state index contributed by atoms with van der Waals surface area (Å²) in [5, 5.41) is 10.6. The van der Waals surface area contributed by atoms with Crippen LogP contribution in [-0.4, -0.2) is 37.3 Å². The van der Waals surface area contributed by atoms with E-state index in [0.717, 1.165) is 10.4 Å². The van der Waals surface area contributed by atoms with E-state index in [1.54, 1.807) is 0 Å². The van der Waals surface area contributed by atoms with Gasteiger partial charge in [-0.3, -0.25) is 10.1 Å². The fraction of sp³-hybridized carbons (Fsp3) is 0.500. The van der Waals surface area contributed by atoms with Crippen LogP contribution in [0.5, 0.6) is 0 Å². The molecule has 1 unspecified atom stereocenters. The Morgan fingerprint density at radius 3 is 2.46 bits per heavy atom. The Balaban J connectivity index is 0.00000288. The monoisotopic (exact) mass is 389 g/mol. The summed E-state index contributed by atoms with van der Waals surface area (Å²) < 4.78 is 65.2. The molecule has 1 heterocycles. The first-order valence-electron chi connectivity index (χ1n) is 6.63. The average Bonchev–Trinajstić information content (AvgIpc) is 2.95. The highest BCUT2D eigenvalue weighted by Gasteiger charge is 2.41. The van der Waals surface area contributed by atoms with Gasteiger partial charge in [0.15, 0.2) is 0 Å². The van der Waals surface area contributed by atoms with Crippen LogP contribution in [0.25, 0.3) is 0 Å². The molecule has 0 aromatic heterocycles. The van der Waals surface area contributed by atoms with Crippen molar-refractivity contribution in [3.63, 3.8) is 0 Å². The molecule has 2 rings (SSSR count). The van der Waals surface area contributed by atoms with Crippen molar-refractivity contribution in [3.8, 4) is 0 Å². The van der Waals surface area contributed by atoms with Gasteiger partial charge in [-0.25, -0.2) is 8.42 Å². The normalized spacial score (nSPS) is 19.1. The van der Waals surface area contributed by atoms with Crippen molar-refractivity contribution in [2.75, 3.05) is 19.6 Å². The SMILES string of the molecule is Cl.NCC1CCN(S(=O)(=O)c2ccc([N+](=O)[O-])cc2C(F)(F)F)C1. The van der Waals surface area contributed by atoms with E-state index in [4.69, 9.17) is 5.73 Å². The first kappa shape index (κ1) is 20.6. The first-order chi connectivity index (χ1) is 10.6. The van der Waals surface area contributed by atoms with Gasteiger partial charge in [-0.15, -0.1) is 12.4 Å². The van der Waals surface area contributed by atoms with Gasteiger partial charge in [0.25, 0.3) is 5.69 Å². The minimum atomic E-state index is -5.03. The molecular weight excluding hydrogens is 375 g/mol. The van der Waals surface area contributed by atoms with Gasteiger partial charge in [-0.1, -0.05) is 0 Å². The van der Waals surface area contributed by atoms with E-state index in [9.17, 15) is 31.7 Å². The minimum absolute atomic E-state index is 0. The zero-order valence-electron chi connectivity index (χ0n) is 12.2. The molecule has 7 nitrogen and oxygen atoms in total. The highest BCUT2D eigenvalue weighted by molar-refractivity contribution is 7.89. The summed E-state index contributed by atoms with van der Waals surface area (Å²) in [6, 6.07) is 1.62. The summed E-state index contributed by atoms with van der Waals surface area (Å²) in [5.41, 5.74) is 3.09. The smallest absolute Gasteiger partial charge is 0.330 e. The van der Waals surface area contributed by atoms with Gasteiger partial charge < -0.3 is 5.73 Å². The van der Waals surface area contributed by atoms with Crippen molar-refractivity contribution in [2.45, 2.75) is 17.5 Å². The molecule has 136 valence electrons. The molecule has 24 heavy (non-hydrogen) atoms. The molecule has 12 heteroatoms. The summed E-state index contributed by atoms with van der Waals surface area (Å²) >= 11 is 0. The van der Waals surface area contributed by atoms with Gasteiger partial charge in [0.2, 0.25) is 10.0 Å². The predicted octanol–water partition coefficient (Wildman–Crippen LogP) is 2.00. The molecule has 1 aliphatic heterocycles. The Bertz CT molecular complexity index is 727. The second kappa shape index (κ2) is 7.21. The Labute approximate surface area is 142 Å². The highest BCUT2D eigenvalue weighted by atomic mass is 35.5. The summed E-state index contributed by atoms with van der Waals surface area (Å²) in [4.78, 5) is 8.66. The number of nitrogens with two attached hydrogens (primary N) is 1. The number of hydrogen-bond acceptors (Lipinski definition) is 5. The van der Waals surface area contributed by atoms with Crippen LogP contribution in [0.1, 0.15) is 12.0 Å². The van der Waals surface area contributed by atoms with Gasteiger partial charge in [-0.2, -0.15) is 17.5 Å². The van der Waals surface area contributed by atoms with Gasteiger partial charge in [0.05, 0.1) is 15.4 Å². The molecule has 1 aromatic rings. The van der Waals surface area contributed by atoms with Gasteiger partial charge in [0, 0.05) is 25.2 Å². The number of sulfonamides is 1. The van der Waals surface area contributed by atoms with Crippen molar-refractivity contribution in [1.82, 2.24) is 4.31 Å². The van der Waals surface area contributed by atoms with Crippen molar-refractivity contribution in [1.29, 1.82) is 0 Å². The Morgan fingerprint density at radius 1 is 1.38 bits per heavy atom. The molecule has 0 radical (unpaired) electrons. The predicted molar refractivity (Wildman–Crippen MR) is 81.3 cm³/mol. The molecule has 1 aromatic carbocycles. The Morgan fingerprint density at radius 2 is 2.00 bits per heavy atom. The van der Waals surface area contributed by atoms with E-state index >= 15 is 0 Å². The third kappa shape index (κ3) is 3.97. The topological polar surface area (TPSA) is 107 Å². The number of non-ortho nitro benzene ring substituents is 1. The lowest BCUT2D eigenvalue weighted by Gasteiger charge is -2.19. The lowest BCUT2D eigenvalue weighted by atomic mass is 10.1. The van der Waals surface area contributed by atoms with Crippen LogP contribution in [0.2, 0.25) is 0 Å². The van der Waals surface area contributed by atoms with E-state index in [1.165, 1.54) is 0 Å². The fourth-order valence-corrected chi connectivity index (χ4v) is 4.15. The molecule has 0 saturated carbocycles. The molecular formula is C12H15ClF3N3O4S. The zero-order valence-corrected chi connectivity index (χ0v) is 13.8. The average molecular weight is 390 g/mol. The second-order valence-electron chi connectivity index (χ2n) is 5.19. The van der Waals surface area contributed by atoms with Crippen molar-refractivity contribution >= 4 is 28.1 Å². The lowest BCUT2D eigenvalue weighted by molar-refractivity contribution is -0.385. The third-order valence-corrected chi connectivity index (χ3v) is 5.60. The van der Waals surface area contributed by atoms with Crippen LogP contribution in [-0.2, 0) is 16.2 Å². The molecule has 2 N–H and O–H groups in total. The number of nitro benzene ring substituents is 1. The first-order valence-corrected chi connectivity index (χ1v) is 8.07. The number of nitro groups is 1. The molecule has 1 atom stereocenters. The maximum atomic E-state index is 13.1. The molecule has 0 amide bonds. The number of benzene rings is 1. The molecule has 1 saturated heterocycles. The van der Waals surface area contributed by atoms with Crippen LogP contribution < -0.4 is 5.73 Å². The highest BCUT2D eigenvalue weighted by Crippen LogP contribution is 2.38. The number of rotatable bonds is 4. The van der Waals surface area contributed by atoms with E-state index < -0.39 is 37.3 Å². The van der Waals surface area contributed by atoms with Crippen molar-refractivity contribution < 1.29 is 26.5 Å². The summed E-state index contributed by atoms with van der Waals surface area (Å²) in [5.74, 6) is -0.114. The standard InChI is InChI=1S/C12H14F3N3O4S.ClH/c13-12(14,15)10-5-9(18(19)20)1-2-11(10)23(21,22)17-4-3-8(6-16)7-17;/h1-2,5,8H,3-4,6-7,16H2;1H.